The van der Waals surface area contributed by atoms with Crippen molar-refractivity contribution in [1.29, 1.82) is 0 Å². The number of hydrogen-bond donors (Lipinski definition) is 2. The molecule has 21 heavy (non-hydrogen) atoms. The van der Waals surface area contributed by atoms with E-state index in [9.17, 15) is 9.18 Å². The van der Waals surface area contributed by atoms with Crippen LogP contribution in [-0.4, -0.2) is 5.91 Å². The largest absolute Gasteiger partial charge is 0.378 e. The highest BCUT2D eigenvalue weighted by molar-refractivity contribution is 9.10. The molecular formula is C16H16BrFN2O. The van der Waals surface area contributed by atoms with E-state index in [2.05, 4.69) is 21.2 Å². The average Bonchev–Trinajstić information content (AvgIpc) is 2.40. The molecule has 2 aromatic rings. The van der Waals surface area contributed by atoms with E-state index in [0.29, 0.717) is 10.0 Å². The molecule has 0 fully saturated rings. The predicted octanol–water partition coefficient (Wildman–Crippen LogP) is 3.79. The molecule has 0 saturated heterocycles. The third-order valence-corrected chi connectivity index (χ3v) is 3.68. The summed E-state index contributed by atoms with van der Waals surface area (Å²) >= 11 is 3.24. The number of carbonyl (C=O) groups excluding carboxylic acids is 1. The summed E-state index contributed by atoms with van der Waals surface area (Å²) in [5.41, 5.74) is 7.39. The van der Waals surface area contributed by atoms with E-state index in [-0.39, 0.29) is 18.3 Å². The molecule has 2 aromatic carbocycles. The fourth-order valence-electron chi connectivity index (χ4n) is 2.17. The molecule has 1 unspecified atom stereocenters. The van der Waals surface area contributed by atoms with Gasteiger partial charge < -0.3 is 11.1 Å². The third-order valence-electron chi connectivity index (χ3n) is 3.18. The lowest BCUT2D eigenvalue weighted by atomic mass is 10.1. The number of halogens is 2. The number of para-hydroxylation sites is 1. The number of rotatable bonds is 5. The molecule has 0 spiro atoms. The molecule has 0 aliphatic carbocycles. The maximum absolute atomic E-state index is 14.0. The second kappa shape index (κ2) is 6.72. The second-order valence-corrected chi connectivity index (χ2v) is 5.75. The van der Waals surface area contributed by atoms with Gasteiger partial charge in [0.2, 0.25) is 5.91 Å². The molecule has 0 bridgehead atoms. The maximum Gasteiger partial charge on any atom is 0.221 e. The number of nitrogens with one attached hydrogen (secondary N) is 1. The average molecular weight is 351 g/mol. The fourth-order valence-corrected chi connectivity index (χ4v) is 2.50. The first-order valence-corrected chi connectivity index (χ1v) is 7.34. The first-order valence-electron chi connectivity index (χ1n) is 6.55. The van der Waals surface area contributed by atoms with Crippen molar-refractivity contribution in [3.8, 4) is 0 Å². The molecule has 0 aromatic heterocycles. The van der Waals surface area contributed by atoms with Crippen LogP contribution in [0, 0.1) is 5.82 Å². The van der Waals surface area contributed by atoms with Gasteiger partial charge in [-0.15, -0.1) is 0 Å². The van der Waals surface area contributed by atoms with Crippen LogP contribution < -0.4 is 11.1 Å². The Hall–Kier alpha value is -1.88. The summed E-state index contributed by atoms with van der Waals surface area (Å²) < 4.78 is 14.7. The number of anilines is 1. The van der Waals surface area contributed by atoms with E-state index in [1.165, 1.54) is 6.07 Å². The third kappa shape index (κ3) is 4.04. The van der Waals surface area contributed by atoms with Crippen molar-refractivity contribution < 1.29 is 9.18 Å². The Bertz CT molecular complexity index is 660. The van der Waals surface area contributed by atoms with Crippen molar-refractivity contribution in [2.45, 2.75) is 19.4 Å². The minimum Gasteiger partial charge on any atom is -0.378 e. The maximum atomic E-state index is 14.0. The van der Waals surface area contributed by atoms with Crippen molar-refractivity contribution >= 4 is 27.5 Å². The lowest BCUT2D eigenvalue weighted by Gasteiger charge is -2.19. The minimum absolute atomic E-state index is 0.152. The predicted molar refractivity (Wildman–Crippen MR) is 85.5 cm³/mol. The summed E-state index contributed by atoms with van der Waals surface area (Å²) in [7, 11) is 0. The van der Waals surface area contributed by atoms with Gasteiger partial charge in [0.25, 0.3) is 0 Å². The highest BCUT2D eigenvalue weighted by atomic mass is 79.9. The van der Waals surface area contributed by atoms with E-state index < -0.39 is 5.91 Å². The molecule has 5 heteroatoms. The van der Waals surface area contributed by atoms with Gasteiger partial charge in [0.1, 0.15) is 5.82 Å². The summed E-state index contributed by atoms with van der Waals surface area (Å²) in [6.07, 6.45) is 0.152. The van der Waals surface area contributed by atoms with Gasteiger partial charge in [0.05, 0.1) is 12.5 Å². The van der Waals surface area contributed by atoms with Gasteiger partial charge in [-0.3, -0.25) is 4.79 Å². The van der Waals surface area contributed by atoms with E-state index in [1.54, 1.807) is 12.1 Å². The van der Waals surface area contributed by atoms with Crippen molar-refractivity contribution in [3.63, 3.8) is 0 Å². The van der Waals surface area contributed by atoms with E-state index >= 15 is 0 Å². The standard InChI is InChI=1S/C16H16BrFN2O/c1-10(13-7-6-12(17)9-14(13)18)20-15-5-3-2-4-11(15)8-16(19)21/h2-7,9-10,20H,8H2,1H3,(H2,19,21). The SMILES string of the molecule is CC(Nc1ccccc1CC(N)=O)c1ccc(Br)cc1F. The molecule has 3 N–H and O–H groups in total. The quantitative estimate of drug-likeness (QED) is 0.861. The normalized spacial score (nSPS) is 12.0. The number of carbonyl (C=O) groups is 1. The lowest BCUT2D eigenvalue weighted by Crippen LogP contribution is -2.16. The highest BCUT2D eigenvalue weighted by Crippen LogP contribution is 2.26. The zero-order valence-electron chi connectivity index (χ0n) is 11.6. The van der Waals surface area contributed by atoms with Crippen LogP contribution in [0.15, 0.2) is 46.9 Å². The Morgan fingerprint density at radius 1 is 1.33 bits per heavy atom. The summed E-state index contributed by atoms with van der Waals surface area (Å²) in [5.74, 6) is -0.677. The molecule has 110 valence electrons. The van der Waals surface area contributed by atoms with E-state index in [1.807, 2.05) is 31.2 Å². The monoisotopic (exact) mass is 350 g/mol. The van der Waals surface area contributed by atoms with Crippen LogP contribution in [0.2, 0.25) is 0 Å². The summed E-state index contributed by atoms with van der Waals surface area (Å²) in [4.78, 5) is 11.1. The fraction of sp³-hybridized carbons (Fsp3) is 0.188. The number of amides is 1. The number of hydrogen-bond acceptors (Lipinski definition) is 2. The van der Waals surface area contributed by atoms with Crippen molar-refractivity contribution in [1.82, 2.24) is 0 Å². The summed E-state index contributed by atoms with van der Waals surface area (Å²) in [5, 5.41) is 3.23. The smallest absolute Gasteiger partial charge is 0.221 e. The molecule has 0 saturated carbocycles. The Balaban J connectivity index is 2.23. The van der Waals surface area contributed by atoms with Crippen LogP contribution in [0.25, 0.3) is 0 Å². The van der Waals surface area contributed by atoms with Gasteiger partial charge in [-0.05, 0) is 30.7 Å². The molecule has 3 nitrogen and oxygen atoms in total. The van der Waals surface area contributed by atoms with Crippen LogP contribution in [0.3, 0.4) is 0 Å². The molecular weight excluding hydrogens is 335 g/mol. The Labute approximate surface area is 131 Å². The summed E-state index contributed by atoms with van der Waals surface area (Å²) in [6, 6.07) is 12.1. The molecule has 1 amide bonds. The Kier molecular flexibility index (Phi) is 4.96. The molecule has 2 rings (SSSR count). The number of benzene rings is 2. The van der Waals surface area contributed by atoms with Crippen molar-refractivity contribution in [3.05, 3.63) is 63.9 Å². The van der Waals surface area contributed by atoms with Gasteiger partial charge in [-0.1, -0.05) is 40.2 Å². The Morgan fingerprint density at radius 2 is 2.05 bits per heavy atom. The Morgan fingerprint density at radius 3 is 2.71 bits per heavy atom. The molecule has 0 aliphatic heterocycles. The van der Waals surface area contributed by atoms with Gasteiger partial charge >= 0.3 is 0 Å². The van der Waals surface area contributed by atoms with E-state index in [0.717, 1.165) is 11.3 Å². The van der Waals surface area contributed by atoms with Gasteiger partial charge in [0, 0.05) is 15.7 Å². The number of primary amides is 1. The van der Waals surface area contributed by atoms with Crippen molar-refractivity contribution in [2.75, 3.05) is 5.32 Å². The molecule has 0 heterocycles. The summed E-state index contributed by atoms with van der Waals surface area (Å²) in [6.45, 7) is 1.87. The van der Waals surface area contributed by atoms with Gasteiger partial charge in [-0.2, -0.15) is 0 Å². The zero-order chi connectivity index (χ0) is 15.4. The molecule has 0 radical (unpaired) electrons. The van der Waals surface area contributed by atoms with Crippen LogP contribution in [0.4, 0.5) is 10.1 Å². The van der Waals surface area contributed by atoms with Crippen LogP contribution in [-0.2, 0) is 11.2 Å². The second-order valence-electron chi connectivity index (χ2n) is 4.83. The van der Waals surface area contributed by atoms with Gasteiger partial charge in [0.15, 0.2) is 0 Å². The van der Waals surface area contributed by atoms with E-state index in [4.69, 9.17) is 5.73 Å². The molecule has 1 atom stereocenters. The minimum atomic E-state index is -0.397. The van der Waals surface area contributed by atoms with Crippen LogP contribution in [0.5, 0.6) is 0 Å². The van der Waals surface area contributed by atoms with Crippen LogP contribution >= 0.6 is 15.9 Å². The van der Waals surface area contributed by atoms with Gasteiger partial charge in [-0.25, -0.2) is 4.39 Å². The number of nitrogens with two attached hydrogens (primary N) is 1. The topological polar surface area (TPSA) is 55.1 Å². The molecule has 0 aliphatic rings. The highest BCUT2D eigenvalue weighted by Gasteiger charge is 2.13. The first kappa shape index (κ1) is 15.5. The van der Waals surface area contributed by atoms with Crippen LogP contribution in [0.1, 0.15) is 24.1 Å². The zero-order valence-corrected chi connectivity index (χ0v) is 13.2. The first-order chi connectivity index (χ1) is 9.97. The van der Waals surface area contributed by atoms with Crippen molar-refractivity contribution in [2.24, 2.45) is 5.73 Å². The lowest BCUT2D eigenvalue weighted by molar-refractivity contribution is -0.117.